The van der Waals surface area contributed by atoms with Crippen LogP contribution in [0.25, 0.3) is 0 Å². The Morgan fingerprint density at radius 1 is 1.86 bits per heavy atom. The van der Waals surface area contributed by atoms with Gasteiger partial charge in [0.05, 0.1) is 11.6 Å². The van der Waals surface area contributed by atoms with Gasteiger partial charge in [0.1, 0.15) is 0 Å². The molecule has 0 bridgehead atoms. The van der Waals surface area contributed by atoms with Crippen molar-refractivity contribution in [2.75, 3.05) is 5.75 Å². The number of hydrogen-bond acceptors (Lipinski definition) is 3. The van der Waals surface area contributed by atoms with E-state index in [1.54, 1.807) is 18.7 Å². The average Bonchev–Trinajstić information content (AvgIpc) is 2.63. The molecule has 4 nitrogen and oxygen atoms in total. The molecule has 14 heavy (non-hydrogen) atoms. The number of nitrogens with zero attached hydrogens (tertiary/aromatic N) is 2. The number of aliphatic carboxylic acids is 1. The fourth-order valence-electron chi connectivity index (χ4n) is 1.46. The van der Waals surface area contributed by atoms with E-state index in [1.165, 1.54) is 0 Å². The number of hydrogen-bond donors (Lipinski definition) is 1. The minimum Gasteiger partial charge on any atom is -0.481 e. The zero-order valence-corrected chi connectivity index (χ0v) is 8.75. The van der Waals surface area contributed by atoms with E-state index in [-0.39, 0.29) is 5.92 Å². The smallest absolute Gasteiger partial charge is 0.306 e. The van der Waals surface area contributed by atoms with Crippen molar-refractivity contribution in [3.8, 4) is 0 Å². The van der Waals surface area contributed by atoms with Crippen molar-refractivity contribution < 1.29 is 9.90 Å². The van der Waals surface area contributed by atoms with E-state index in [4.69, 9.17) is 5.11 Å². The predicted molar refractivity (Wildman–Crippen MR) is 53.5 cm³/mol. The van der Waals surface area contributed by atoms with Gasteiger partial charge in [0.15, 0.2) is 5.16 Å². The highest BCUT2D eigenvalue weighted by Gasteiger charge is 2.18. The Labute approximate surface area is 86.3 Å². The molecule has 2 rings (SSSR count). The molecular formula is C9H12N2O2S. The molecule has 0 saturated carbocycles. The summed E-state index contributed by atoms with van der Waals surface area (Å²) in [6.07, 6.45) is 2.49. The van der Waals surface area contributed by atoms with Crippen LogP contribution in [0, 0.1) is 5.92 Å². The molecular weight excluding hydrogens is 200 g/mol. The molecule has 1 aromatic heterocycles. The molecule has 0 aliphatic carbocycles. The Balaban J connectivity index is 2.07. The number of aryl methyl sites for hydroxylation is 1. The third-order valence-electron chi connectivity index (χ3n) is 2.29. The van der Waals surface area contributed by atoms with Gasteiger partial charge >= 0.3 is 5.97 Å². The maximum atomic E-state index is 10.6. The summed E-state index contributed by atoms with van der Waals surface area (Å²) >= 11 is 1.73. The van der Waals surface area contributed by atoms with Crippen LogP contribution < -0.4 is 0 Å². The monoisotopic (exact) mass is 212 g/mol. The molecule has 1 aromatic rings. The van der Waals surface area contributed by atoms with Crippen LogP contribution in [0.1, 0.15) is 12.6 Å². The number of fused-ring (bicyclic) bond motifs is 1. The molecule has 1 aliphatic rings. The molecule has 2 heterocycles. The second kappa shape index (κ2) is 3.65. The van der Waals surface area contributed by atoms with Gasteiger partial charge in [-0.1, -0.05) is 18.7 Å². The molecule has 1 atom stereocenters. The fourth-order valence-corrected chi connectivity index (χ4v) is 2.42. The minimum atomic E-state index is -0.759. The molecule has 1 N–H and O–H groups in total. The lowest BCUT2D eigenvalue weighted by Gasteiger charge is -2.01. The number of carbonyl (C=O) groups is 1. The van der Waals surface area contributed by atoms with Gasteiger partial charge in [0.25, 0.3) is 0 Å². The van der Waals surface area contributed by atoms with Crippen LogP contribution in [0.15, 0.2) is 11.4 Å². The maximum Gasteiger partial charge on any atom is 0.306 e. The van der Waals surface area contributed by atoms with Crippen LogP contribution in [0.5, 0.6) is 0 Å². The van der Waals surface area contributed by atoms with E-state index < -0.39 is 5.97 Å². The van der Waals surface area contributed by atoms with Gasteiger partial charge in [0.2, 0.25) is 0 Å². The van der Waals surface area contributed by atoms with Crippen LogP contribution in [-0.2, 0) is 17.8 Å². The quantitative estimate of drug-likeness (QED) is 0.819. The largest absolute Gasteiger partial charge is 0.481 e. The van der Waals surface area contributed by atoms with Crippen LogP contribution in [0.2, 0.25) is 0 Å². The van der Waals surface area contributed by atoms with Gasteiger partial charge in [-0.05, 0) is 0 Å². The van der Waals surface area contributed by atoms with E-state index in [0.717, 1.165) is 23.1 Å². The minimum absolute atomic E-state index is 0.351. The van der Waals surface area contributed by atoms with Gasteiger partial charge < -0.3 is 9.67 Å². The summed E-state index contributed by atoms with van der Waals surface area (Å²) in [5, 5.41) is 9.78. The van der Waals surface area contributed by atoms with E-state index in [0.29, 0.717) is 6.42 Å². The summed E-state index contributed by atoms with van der Waals surface area (Å²) in [5.74, 6) is -0.0293. The first-order valence-electron chi connectivity index (χ1n) is 4.58. The number of thioether (sulfide) groups is 1. The summed E-state index contributed by atoms with van der Waals surface area (Å²) in [6.45, 7) is 2.70. The molecule has 1 unspecified atom stereocenters. The highest BCUT2D eigenvalue weighted by molar-refractivity contribution is 7.99. The summed E-state index contributed by atoms with van der Waals surface area (Å²) in [6, 6.07) is 0. The normalized spacial score (nSPS) is 16.6. The summed E-state index contributed by atoms with van der Waals surface area (Å²) in [4.78, 5) is 15.0. The van der Waals surface area contributed by atoms with Crippen molar-refractivity contribution in [3.05, 3.63) is 11.9 Å². The van der Waals surface area contributed by atoms with Crippen molar-refractivity contribution in [2.45, 2.75) is 25.0 Å². The molecule has 1 aliphatic heterocycles. The molecule has 5 heteroatoms. The molecule has 0 fully saturated rings. The topological polar surface area (TPSA) is 55.1 Å². The fraction of sp³-hybridized carbons (Fsp3) is 0.556. The van der Waals surface area contributed by atoms with E-state index >= 15 is 0 Å². The number of rotatable bonds is 3. The average molecular weight is 212 g/mol. The van der Waals surface area contributed by atoms with E-state index in [1.807, 2.05) is 6.20 Å². The van der Waals surface area contributed by atoms with Crippen molar-refractivity contribution in [1.82, 2.24) is 9.55 Å². The van der Waals surface area contributed by atoms with Crippen molar-refractivity contribution in [2.24, 2.45) is 5.92 Å². The Hall–Kier alpha value is -0.970. The Kier molecular flexibility index (Phi) is 2.50. The molecule has 0 saturated heterocycles. The van der Waals surface area contributed by atoms with E-state index in [2.05, 4.69) is 9.55 Å². The van der Waals surface area contributed by atoms with Crippen LogP contribution in [-0.4, -0.2) is 26.4 Å². The molecule has 0 aromatic carbocycles. The lowest BCUT2D eigenvalue weighted by atomic mass is 10.1. The molecule has 0 radical (unpaired) electrons. The number of aromatic nitrogens is 2. The van der Waals surface area contributed by atoms with Crippen molar-refractivity contribution >= 4 is 17.7 Å². The van der Waals surface area contributed by atoms with Crippen molar-refractivity contribution in [3.63, 3.8) is 0 Å². The van der Waals surface area contributed by atoms with Crippen molar-refractivity contribution in [1.29, 1.82) is 0 Å². The van der Waals surface area contributed by atoms with Gasteiger partial charge in [0, 0.05) is 24.9 Å². The van der Waals surface area contributed by atoms with Gasteiger partial charge in [-0.3, -0.25) is 4.79 Å². The summed E-state index contributed by atoms with van der Waals surface area (Å²) in [5.41, 5.74) is 0.891. The van der Waals surface area contributed by atoms with Crippen LogP contribution >= 0.6 is 11.8 Å². The highest BCUT2D eigenvalue weighted by Crippen LogP contribution is 2.25. The number of carboxylic acid groups (broad SMARTS) is 1. The summed E-state index contributed by atoms with van der Waals surface area (Å²) < 4.78 is 2.09. The van der Waals surface area contributed by atoms with Gasteiger partial charge in [-0.15, -0.1) is 0 Å². The highest BCUT2D eigenvalue weighted by atomic mass is 32.2. The first-order valence-corrected chi connectivity index (χ1v) is 5.57. The number of carboxylic acids is 1. The predicted octanol–water partition coefficient (Wildman–Crippen LogP) is 1.25. The summed E-state index contributed by atoms with van der Waals surface area (Å²) in [7, 11) is 0. The van der Waals surface area contributed by atoms with Gasteiger partial charge in [-0.2, -0.15) is 0 Å². The third kappa shape index (κ3) is 1.77. The number of imidazole rings is 1. The lowest BCUT2D eigenvalue weighted by Crippen LogP contribution is -2.12. The first-order chi connectivity index (χ1) is 6.66. The molecule has 0 amide bonds. The maximum absolute atomic E-state index is 10.6. The van der Waals surface area contributed by atoms with Gasteiger partial charge in [-0.25, -0.2) is 4.98 Å². The second-order valence-corrected chi connectivity index (χ2v) is 4.56. The first kappa shape index (κ1) is 9.58. The Morgan fingerprint density at radius 3 is 3.29 bits per heavy atom. The van der Waals surface area contributed by atoms with Crippen LogP contribution in [0.4, 0.5) is 0 Å². The molecule has 76 valence electrons. The van der Waals surface area contributed by atoms with E-state index in [9.17, 15) is 4.79 Å². The SMILES string of the molecule is CC(Cc1cn2c(n1)SCC2)C(=O)O. The zero-order chi connectivity index (χ0) is 10.1. The molecule has 0 spiro atoms. The lowest BCUT2D eigenvalue weighted by molar-refractivity contribution is -0.141. The second-order valence-electron chi connectivity index (χ2n) is 3.50. The Bertz CT molecular complexity index is 340. The third-order valence-corrected chi connectivity index (χ3v) is 3.26. The Morgan fingerprint density at radius 2 is 2.64 bits per heavy atom. The zero-order valence-electron chi connectivity index (χ0n) is 7.93. The van der Waals surface area contributed by atoms with Crippen LogP contribution in [0.3, 0.4) is 0 Å². The standard InChI is InChI=1S/C9H12N2O2S/c1-6(8(12)13)4-7-5-11-2-3-14-9(11)10-7/h5-6H,2-4H2,1H3,(H,12,13).